The van der Waals surface area contributed by atoms with Gasteiger partial charge in [-0.25, -0.2) is 0 Å². The van der Waals surface area contributed by atoms with Crippen LogP contribution in [-0.2, 0) is 20.6 Å². The number of imide groups is 1. The van der Waals surface area contributed by atoms with E-state index in [0.29, 0.717) is 11.3 Å². The number of anilines is 2. The molecule has 150 valence electrons. The number of alkyl halides is 3. The topological polar surface area (TPSA) is 78.5 Å². The third-order valence-corrected chi connectivity index (χ3v) is 4.24. The van der Waals surface area contributed by atoms with Crippen LogP contribution in [0.1, 0.15) is 18.1 Å². The average molecular weight is 403 g/mol. The van der Waals surface area contributed by atoms with Gasteiger partial charge in [-0.15, -0.1) is 0 Å². The van der Waals surface area contributed by atoms with Crippen LogP contribution in [0.2, 0.25) is 0 Å². The maximum Gasteiger partial charge on any atom is 0.416 e. The fourth-order valence-electron chi connectivity index (χ4n) is 2.87. The first kappa shape index (κ1) is 20.1. The van der Waals surface area contributed by atoms with Crippen molar-refractivity contribution in [2.75, 3.05) is 17.7 Å². The van der Waals surface area contributed by atoms with E-state index in [4.69, 9.17) is 0 Å². The molecule has 0 bridgehead atoms. The van der Waals surface area contributed by atoms with Gasteiger partial charge in [-0.1, -0.05) is 18.2 Å². The van der Waals surface area contributed by atoms with E-state index in [-0.39, 0.29) is 22.9 Å². The van der Waals surface area contributed by atoms with Crippen molar-refractivity contribution in [1.29, 1.82) is 0 Å². The monoisotopic (exact) mass is 403 g/mol. The molecule has 1 heterocycles. The minimum absolute atomic E-state index is 0.0265. The normalized spacial score (nSPS) is 14.4. The van der Waals surface area contributed by atoms with Crippen LogP contribution < -0.4 is 10.6 Å². The zero-order valence-corrected chi connectivity index (χ0v) is 15.4. The van der Waals surface area contributed by atoms with Crippen LogP contribution in [0, 0.1) is 0 Å². The van der Waals surface area contributed by atoms with Crippen molar-refractivity contribution in [3.8, 4) is 0 Å². The summed E-state index contributed by atoms with van der Waals surface area (Å²) in [5, 5.41) is 5.24. The third-order valence-electron chi connectivity index (χ3n) is 4.24. The fourth-order valence-corrected chi connectivity index (χ4v) is 2.87. The maximum absolute atomic E-state index is 13.0. The summed E-state index contributed by atoms with van der Waals surface area (Å²) in [6.45, 7) is 1.35. The van der Waals surface area contributed by atoms with Crippen LogP contribution in [0.3, 0.4) is 0 Å². The maximum atomic E-state index is 13.0. The zero-order chi connectivity index (χ0) is 21.3. The van der Waals surface area contributed by atoms with Gasteiger partial charge in [0.1, 0.15) is 5.70 Å². The molecule has 0 saturated heterocycles. The molecule has 0 spiro atoms. The van der Waals surface area contributed by atoms with E-state index in [1.54, 1.807) is 24.3 Å². The van der Waals surface area contributed by atoms with Crippen molar-refractivity contribution < 1.29 is 27.6 Å². The van der Waals surface area contributed by atoms with Gasteiger partial charge < -0.3 is 10.6 Å². The van der Waals surface area contributed by atoms with Gasteiger partial charge in [0.2, 0.25) is 5.91 Å². The Bertz CT molecular complexity index is 1030. The summed E-state index contributed by atoms with van der Waals surface area (Å²) in [4.78, 5) is 37.1. The highest BCUT2D eigenvalue weighted by molar-refractivity contribution is 6.36. The standard InChI is InChI=1S/C20H16F3N3O3/c1-11(27)24-14-8-6-12(7-9-14)16-17(19(29)26(2)18(16)28)25-15-5-3-4-13(10-15)20(21,22)23/h3-10,25H,1-2H3,(H,24,27). The van der Waals surface area contributed by atoms with Crippen LogP contribution in [0.25, 0.3) is 5.57 Å². The Morgan fingerprint density at radius 2 is 1.62 bits per heavy atom. The van der Waals surface area contributed by atoms with Crippen molar-refractivity contribution in [3.63, 3.8) is 0 Å². The molecule has 1 aliphatic rings. The second-order valence-corrected chi connectivity index (χ2v) is 6.38. The van der Waals surface area contributed by atoms with Gasteiger partial charge in [-0.2, -0.15) is 13.2 Å². The van der Waals surface area contributed by atoms with Crippen molar-refractivity contribution in [2.24, 2.45) is 0 Å². The van der Waals surface area contributed by atoms with Crippen LogP contribution in [0.15, 0.2) is 54.2 Å². The Balaban J connectivity index is 2.01. The number of carbonyl (C=O) groups excluding carboxylic acids is 3. The summed E-state index contributed by atoms with van der Waals surface area (Å²) in [5.41, 5.74) is -0.0582. The summed E-state index contributed by atoms with van der Waals surface area (Å²) in [6.07, 6.45) is -4.54. The molecule has 0 radical (unpaired) electrons. The van der Waals surface area contributed by atoms with Crippen molar-refractivity contribution in [2.45, 2.75) is 13.1 Å². The molecular weight excluding hydrogens is 387 g/mol. The summed E-state index contributed by atoms with van der Waals surface area (Å²) >= 11 is 0. The Hall–Kier alpha value is -3.62. The van der Waals surface area contributed by atoms with Gasteiger partial charge >= 0.3 is 6.18 Å². The molecule has 0 unspecified atom stereocenters. The first-order valence-electron chi connectivity index (χ1n) is 8.47. The number of nitrogens with one attached hydrogen (secondary N) is 2. The molecule has 2 N–H and O–H groups in total. The molecule has 3 amide bonds. The van der Waals surface area contributed by atoms with Gasteiger partial charge in [0.05, 0.1) is 11.1 Å². The zero-order valence-electron chi connectivity index (χ0n) is 15.4. The minimum Gasteiger partial charge on any atom is -0.350 e. The van der Waals surface area contributed by atoms with Crippen molar-refractivity contribution in [1.82, 2.24) is 4.90 Å². The largest absolute Gasteiger partial charge is 0.416 e. The molecule has 0 aliphatic carbocycles. The van der Waals surface area contributed by atoms with E-state index in [0.717, 1.165) is 17.0 Å². The predicted molar refractivity (Wildman–Crippen MR) is 101 cm³/mol. The average Bonchev–Trinajstić information content (AvgIpc) is 2.86. The molecule has 2 aromatic rings. The molecular formula is C20H16F3N3O3. The van der Waals surface area contributed by atoms with E-state index in [1.165, 1.54) is 26.1 Å². The van der Waals surface area contributed by atoms with Gasteiger partial charge in [-0.3, -0.25) is 19.3 Å². The Morgan fingerprint density at radius 3 is 2.21 bits per heavy atom. The highest BCUT2D eigenvalue weighted by Crippen LogP contribution is 2.33. The number of benzene rings is 2. The second-order valence-electron chi connectivity index (χ2n) is 6.38. The Kier molecular flexibility index (Phi) is 5.15. The molecule has 0 aromatic heterocycles. The van der Waals surface area contributed by atoms with Gasteiger partial charge in [0, 0.05) is 25.3 Å². The van der Waals surface area contributed by atoms with Gasteiger partial charge in [-0.05, 0) is 35.9 Å². The predicted octanol–water partition coefficient (Wildman–Crippen LogP) is 3.49. The SMILES string of the molecule is CC(=O)Nc1ccc(C2=C(Nc3cccc(C(F)(F)F)c3)C(=O)N(C)C2=O)cc1. The van der Waals surface area contributed by atoms with Crippen molar-refractivity contribution in [3.05, 3.63) is 65.4 Å². The number of hydrogen-bond donors (Lipinski definition) is 2. The highest BCUT2D eigenvalue weighted by Gasteiger charge is 2.37. The molecule has 1 aliphatic heterocycles. The number of nitrogens with zero attached hydrogens (tertiary/aromatic N) is 1. The number of rotatable bonds is 4. The Labute approximate surface area is 164 Å². The second kappa shape index (κ2) is 7.42. The lowest BCUT2D eigenvalue weighted by Gasteiger charge is -2.12. The lowest BCUT2D eigenvalue weighted by molar-refractivity contribution is -0.137. The van der Waals surface area contributed by atoms with Crippen LogP contribution in [0.5, 0.6) is 0 Å². The summed E-state index contributed by atoms with van der Waals surface area (Å²) in [5.74, 6) is -1.51. The number of amides is 3. The van der Waals surface area contributed by atoms with E-state index in [2.05, 4.69) is 10.6 Å². The molecule has 29 heavy (non-hydrogen) atoms. The van der Waals surface area contributed by atoms with E-state index < -0.39 is 23.6 Å². The molecule has 3 rings (SSSR count). The smallest absolute Gasteiger partial charge is 0.350 e. The molecule has 2 aromatic carbocycles. The van der Waals surface area contributed by atoms with Crippen LogP contribution in [-0.4, -0.2) is 29.7 Å². The first-order chi connectivity index (χ1) is 13.6. The van der Waals surface area contributed by atoms with Crippen LogP contribution in [0.4, 0.5) is 24.5 Å². The summed E-state index contributed by atoms with van der Waals surface area (Å²) in [7, 11) is 1.29. The molecule has 0 saturated carbocycles. The van der Waals surface area contributed by atoms with E-state index >= 15 is 0 Å². The van der Waals surface area contributed by atoms with Gasteiger partial charge in [0.25, 0.3) is 11.8 Å². The van der Waals surface area contributed by atoms with E-state index in [1.807, 2.05) is 0 Å². The number of hydrogen-bond acceptors (Lipinski definition) is 4. The number of halogens is 3. The lowest BCUT2D eigenvalue weighted by atomic mass is 10.0. The molecule has 6 nitrogen and oxygen atoms in total. The summed E-state index contributed by atoms with van der Waals surface area (Å²) in [6, 6.07) is 10.5. The molecule has 0 atom stereocenters. The van der Waals surface area contributed by atoms with Crippen LogP contribution >= 0.6 is 0 Å². The third kappa shape index (κ3) is 4.13. The fraction of sp³-hybridized carbons (Fsp3) is 0.150. The molecule has 9 heteroatoms. The highest BCUT2D eigenvalue weighted by atomic mass is 19.4. The van der Waals surface area contributed by atoms with E-state index in [9.17, 15) is 27.6 Å². The number of likely N-dealkylation sites (N-methyl/N-ethyl adjacent to an activating group) is 1. The lowest BCUT2D eigenvalue weighted by Crippen LogP contribution is -2.27. The van der Waals surface area contributed by atoms with Crippen molar-refractivity contribution >= 4 is 34.7 Å². The molecule has 0 fully saturated rings. The summed E-state index contributed by atoms with van der Waals surface area (Å²) < 4.78 is 38.9. The minimum atomic E-state index is -4.54. The first-order valence-corrected chi connectivity index (χ1v) is 8.47. The van der Waals surface area contributed by atoms with Gasteiger partial charge in [0.15, 0.2) is 0 Å². The number of carbonyl (C=O) groups is 3. The quantitative estimate of drug-likeness (QED) is 0.767. The Morgan fingerprint density at radius 1 is 0.966 bits per heavy atom.